The summed E-state index contributed by atoms with van der Waals surface area (Å²) in [6.07, 6.45) is 5.74. The molecule has 1 fully saturated rings. The van der Waals surface area contributed by atoms with E-state index in [1.165, 1.54) is 12.1 Å². The van der Waals surface area contributed by atoms with Gasteiger partial charge in [-0.15, -0.1) is 0 Å². The zero-order valence-electron chi connectivity index (χ0n) is 20.9. The van der Waals surface area contributed by atoms with Crippen LogP contribution in [0.3, 0.4) is 0 Å². The second-order valence-corrected chi connectivity index (χ2v) is 9.88. The fraction of sp³-hybridized carbons (Fsp3) is 0.214. The lowest BCUT2D eigenvalue weighted by molar-refractivity contribution is 0.0741. The van der Waals surface area contributed by atoms with Crippen molar-refractivity contribution in [1.82, 2.24) is 25.0 Å². The van der Waals surface area contributed by atoms with Crippen LogP contribution < -0.4 is 11.1 Å². The maximum absolute atomic E-state index is 13.4. The summed E-state index contributed by atoms with van der Waals surface area (Å²) in [6.45, 7) is 2.32. The van der Waals surface area contributed by atoms with E-state index in [0.29, 0.717) is 29.1 Å². The first kappa shape index (κ1) is 25.4. The SMILES string of the molecule is C[C@H]1C[C@@H](NC(=O)c2cc(-c3cnn(C)c3)cnc2N)CN1C(=O)c1ccc(-c2ccc(F)cc2Cl)cc1. The number of aromatic nitrogens is 3. The molecule has 3 N–H and O–H groups in total. The Morgan fingerprint density at radius 2 is 1.84 bits per heavy atom. The van der Waals surface area contributed by atoms with Crippen molar-refractivity contribution in [2.75, 3.05) is 12.3 Å². The van der Waals surface area contributed by atoms with Crippen molar-refractivity contribution in [2.24, 2.45) is 7.05 Å². The van der Waals surface area contributed by atoms with E-state index < -0.39 is 5.82 Å². The fourth-order valence-corrected chi connectivity index (χ4v) is 5.03. The van der Waals surface area contributed by atoms with Crippen molar-refractivity contribution in [3.05, 3.63) is 89.1 Å². The number of rotatable bonds is 5. The Labute approximate surface area is 224 Å². The lowest BCUT2D eigenvalue weighted by atomic mass is 10.0. The zero-order chi connectivity index (χ0) is 27.0. The Bertz CT molecular complexity index is 1520. The summed E-state index contributed by atoms with van der Waals surface area (Å²) in [5, 5.41) is 7.47. The number of benzene rings is 2. The van der Waals surface area contributed by atoms with Crippen molar-refractivity contribution >= 4 is 29.2 Å². The van der Waals surface area contributed by atoms with Crippen LogP contribution in [0.25, 0.3) is 22.3 Å². The van der Waals surface area contributed by atoms with Gasteiger partial charge in [-0.05, 0) is 55.3 Å². The number of nitrogens with two attached hydrogens (primary N) is 1. The molecule has 194 valence electrons. The van der Waals surface area contributed by atoms with E-state index in [1.54, 1.807) is 58.4 Å². The Morgan fingerprint density at radius 3 is 2.53 bits per heavy atom. The minimum atomic E-state index is -0.407. The summed E-state index contributed by atoms with van der Waals surface area (Å²) in [5.41, 5.74) is 9.84. The highest BCUT2D eigenvalue weighted by atomic mass is 35.5. The summed E-state index contributed by atoms with van der Waals surface area (Å²) in [4.78, 5) is 32.3. The summed E-state index contributed by atoms with van der Waals surface area (Å²) < 4.78 is 15.1. The molecule has 3 heterocycles. The van der Waals surface area contributed by atoms with E-state index in [-0.39, 0.29) is 35.3 Å². The molecule has 1 aliphatic rings. The molecule has 0 unspecified atom stereocenters. The van der Waals surface area contributed by atoms with Crippen LogP contribution in [0, 0.1) is 5.82 Å². The van der Waals surface area contributed by atoms with E-state index in [1.807, 2.05) is 20.2 Å². The van der Waals surface area contributed by atoms with E-state index in [4.69, 9.17) is 17.3 Å². The number of amides is 2. The molecule has 1 aliphatic heterocycles. The van der Waals surface area contributed by atoms with Crippen LogP contribution in [-0.2, 0) is 7.05 Å². The van der Waals surface area contributed by atoms with Gasteiger partial charge in [0.1, 0.15) is 11.6 Å². The number of nitrogens with one attached hydrogen (secondary N) is 1. The molecule has 0 aliphatic carbocycles. The summed E-state index contributed by atoms with van der Waals surface area (Å²) in [6, 6.07) is 12.6. The maximum Gasteiger partial charge on any atom is 0.255 e. The fourth-order valence-electron chi connectivity index (χ4n) is 4.75. The highest BCUT2D eigenvalue weighted by molar-refractivity contribution is 6.33. The van der Waals surface area contributed by atoms with Crippen molar-refractivity contribution in [2.45, 2.75) is 25.4 Å². The lowest BCUT2D eigenvalue weighted by Gasteiger charge is -2.21. The van der Waals surface area contributed by atoms with Gasteiger partial charge < -0.3 is 16.0 Å². The van der Waals surface area contributed by atoms with Gasteiger partial charge in [-0.2, -0.15) is 5.10 Å². The second kappa shape index (κ2) is 10.3. The summed E-state index contributed by atoms with van der Waals surface area (Å²) in [7, 11) is 1.81. The molecular weight excluding hydrogens is 507 g/mol. The Kier molecular flexibility index (Phi) is 6.86. The minimum Gasteiger partial charge on any atom is -0.383 e. The molecule has 4 aromatic rings. The highest BCUT2D eigenvalue weighted by Gasteiger charge is 2.34. The van der Waals surface area contributed by atoms with Crippen molar-refractivity contribution in [3.63, 3.8) is 0 Å². The largest absolute Gasteiger partial charge is 0.383 e. The average Bonchev–Trinajstić information content (AvgIpc) is 3.49. The first-order valence-corrected chi connectivity index (χ1v) is 12.5. The predicted molar refractivity (Wildman–Crippen MR) is 144 cm³/mol. The molecule has 8 nitrogen and oxygen atoms in total. The standard InChI is InChI=1S/C28H26ClFN6O2/c1-16-9-22(34-27(37)24-10-19(12-32-26(24)31)20-13-33-35(2)14-20)15-36(16)28(38)18-5-3-17(4-6-18)23-8-7-21(30)11-25(23)29/h3-8,10-14,16,22H,9,15H2,1-2H3,(H2,31,32)(H,34,37)/t16-,22+/m0/s1. The number of halogens is 2. The van der Waals surface area contributed by atoms with Crippen molar-refractivity contribution in [1.29, 1.82) is 0 Å². The molecule has 2 aromatic carbocycles. The van der Waals surface area contributed by atoms with Crippen LogP contribution in [-0.4, -0.2) is 50.1 Å². The molecule has 1 saturated heterocycles. The van der Waals surface area contributed by atoms with Gasteiger partial charge >= 0.3 is 0 Å². The molecule has 2 atom stereocenters. The number of pyridine rings is 1. The van der Waals surface area contributed by atoms with E-state index in [9.17, 15) is 14.0 Å². The topological polar surface area (TPSA) is 106 Å². The van der Waals surface area contributed by atoms with Crippen molar-refractivity contribution < 1.29 is 14.0 Å². The number of likely N-dealkylation sites (tertiary alicyclic amines) is 1. The van der Waals surface area contributed by atoms with Crippen LogP contribution in [0.2, 0.25) is 5.02 Å². The van der Waals surface area contributed by atoms with E-state index >= 15 is 0 Å². The van der Waals surface area contributed by atoms with Crippen LogP contribution in [0.1, 0.15) is 34.1 Å². The van der Waals surface area contributed by atoms with Gasteiger partial charge in [-0.1, -0.05) is 23.7 Å². The molecule has 0 radical (unpaired) electrons. The summed E-state index contributed by atoms with van der Waals surface area (Å²) in [5.74, 6) is -0.746. The molecule has 2 aromatic heterocycles. The van der Waals surface area contributed by atoms with Gasteiger partial charge in [-0.25, -0.2) is 9.37 Å². The smallest absolute Gasteiger partial charge is 0.255 e. The van der Waals surface area contributed by atoms with Crippen LogP contribution in [0.5, 0.6) is 0 Å². The van der Waals surface area contributed by atoms with Gasteiger partial charge in [0.15, 0.2) is 0 Å². The van der Waals surface area contributed by atoms with Crippen LogP contribution >= 0.6 is 11.6 Å². The Morgan fingerprint density at radius 1 is 1.08 bits per heavy atom. The third-order valence-electron chi connectivity index (χ3n) is 6.75. The Balaban J connectivity index is 1.26. The Hall–Kier alpha value is -4.24. The quantitative estimate of drug-likeness (QED) is 0.392. The van der Waals surface area contributed by atoms with Gasteiger partial charge in [0.05, 0.1) is 16.8 Å². The maximum atomic E-state index is 13.4. The number of hydrogen-bond donors (Lipinski definition) is 2. The second-order valence-electron chi connectivity index (χ2n) is 9.47. The first-order chi connectivity index (χ1) is 18.2. The van der Waals surface area contributed by atoms with Crippen LogP contribution in [0.15, 0.2) is 67.1 Å². The van der Waals surface area contributed by atoms with E-state index in [0.717, 1.165) is 16.7 Å². The number of anilines is 1. The average molecular weight is 533 g/mol. The molecule has 0 spiro atoms. The van der Waals surface area contributed by atoms with E-state index in [2.05, 4.69) is 15.4 Å². The minimum absolute atomic E-state index is 0.0729. The number of carbonyl (C=O) groups is 2. The number of aryl methyl sites for hydroxylation is 1. The van der Waals surface area contributed by atoms with Crippen LogP contribution in [0.4, 0.5) is 10.2 Å². The van der Waals surface area contributed by atoms with Crippen molar-refractivity contribution in [3.8, 4) is 22.3 Å². The monoisotopic (exact) mass is 532 g/mol. The number of carbonyl (C=O) groups excluding carboxylic acids is 2. The molecule has 0 saturated carbocycles. The third-order valence-corrected chi connectivity index (χ3v) is 7.06. The van der Waals surface area contributed by atoms with Gasteiger partial charge in [0.2, 0.25) is 0 Å². The zero-order valence-corrected chi connectivity index (χ0v) is 21.6. The predicted octanol–water partition coefficient (Wildman–Crippen LogP) is 4.56. The number of nitrogens with zero attached hydrogens (tertiary/aromatic N) is 4. The highest BCUT2D eigenvalue weighted by Crippen LogP contribution is 2.29. The van der Waals surface area contributed by atoms with Gasteiger partial charge in [0, 0.05) is 60.3 Å². The summed E-state index contributed by atoms with van der Waals surface area (Å²) >= 11 is 6.18. The molecule has 2 amide bonds. The first-order valence-electron chi connectivity index (χ1n) is 12.1. The molecule has 5 rings (SSSR count). The lowest BCUT2D eigenvalue weighted by Crippen LogP contribution is -2.39. The number of hydrogen-bond acceptors (Lipinski definition) is 5. The number of nitrogen functional groups attached to an aromatic ring is 1. The molecule has 38 heavy (non-hydrogen) atoms. The van der Waals surface area contributed by atoms with Gasteiger partial charge in [0.25, 0.3) is 11.8 Å². The van der Waals surface area contributed by atoms with Gasteiger partial charge in [-0.3, -0.25) is 14.3 Å². The normalized spacial score (nSPS) is 17.0. The molecule has 0 bridgehead atoms. The third kappa shape index (κ3) is 5.10. The molecule has 10 heteroatoms. The molecular formula is C28H26ClFN6O2.